The number of urea groups is 1. The second-order valence-electron chi connectivity index (χ2n) is 10.8. The molecule has 0 radical (unpaired) electrons. The van der Waals surface area contributed by atoms with Crippen LogP contribution in [0.2, 0.25) is 5.02 Å². The fourth-order valence-corrected chi connectivity index (χ4v) is 6.57. The lowest BCUT2D eigenvalue weighted by Gasteiger charge is -2.38. The van der Waals surface area contributed by atoms with Gasteiger partial charge in [-0.2, -0.15) is 0 Å². The summed E-state index contributed by atoms with van der Waals surface area (Å²) in [6, 6.07) is 14.1. The number of methoxy groups -OCH3 is 1. The van der Waals surface area contributed by atoms with Crippen molar-refractivity contribution in [3.8, 4) is 0 Å². The number of aromatic nitrogens is 1. The van der Waals surface area contributed by atoms with Gasteiger partial charge in [-0.15, -0.1) is 11.3 Å². The topological polar surface area (TPSA) is 128 Å². The Balaban J connectivity index is 1.22. The minimum absolute atomic E-state index is 0.0344. The number of ether oxygens (including phenoxy) is 1. The Morgan fingerprint density at radius 3 is 2.57 bits per heavy atom. The lowest BCUT2D eigenvalue weighted by molar-refractivity contribution is -0.137. The predicted molar refractivity (Wildman–Crippen MR) is 167 cm³/mol. The molecule has 2 amide bonds. The number of carboxylic acids is 1. The number of amidine groups is 1. The molecule has 11 nitrogen and oxygen atoms in total. The Bertz CT molecular complexity index is 1610. The van der Waals surface area contributed by atoms with E-state index in [0.29, 0.717) is 66.3 Å². The number of hydrogen-bond donors (Lipinski definition) is 2. The normalized spacial score (nSPS) is 20.3. The highest BCUT2D eigenvalue weighted by molar-refractivity contribution is 7.11. The molecule has 0 spiro atoms. The van der Waals surface area contributed by atoms with E-state index >= 15 is 0 Å². The maximum absolute atomic E-state index is 13.4. The van der Waals surface area contributed by atoms with Crippen LogP contribution in [0, 0.1) is 0 Å². The van der Waals surface area contributed by atoms with Gasteiger partial charge in [-0.3, -0.25) is 19.6 Å². The number of aliphatic imine (C=N–C) groups is 1. The van der Waals surface area contributed by atoms with Gasteiger partial charge in [0, 0.05) is 67.1 Å². The fourth-order valence-electron chi connectivity index (χ4n) is 5.85. The number of fused-ring (bicyclic) bond motifs is 1. The van der Waals surface area contributed by atoms with Gasteiger partial charge in [-0.05, 0) is 41.8 Å². The molecular weight excluding hydrogens is 604 g/mol. The van der Waals surface area contributed by atoms with Crippen LogP contribution in [0.1, 0.15) is 28.6 Å². The van der Waals surface area contributed by atoms with E-state index in [0.717, 1.165) is 16.8 Å². The largest absolute Gasteiger partial charge is 0.481 e. The lowest BCUT2D eigenvalue weighted by atomic mass is 9.95. The van der Waals surface area contributed by atoms with Crippen LogP contribution in [-0.2, 0) is 20.7 Å². The molecule has 0 bridgehead atoms. The number of hydrogen-bond acceptors (Lipinski definition) is 9. The van der Waals surface area contributed by atoms with Gasteiger partial charge >= 0.3 is 18.0 Å². The van der Waals surface area contributed by atoms with Crippen LogP contribution in [0.5, 0.6) is 0 Å². The van der Waals surface area contributed by atoms with E-state index in [1.54, 1.807) is 23.2 Å². The van der Waals surface area contributed by atoms with Gasteiger partial charge in [-0.1, -0.05) is 35.9 Å². The summed E-state index contributed by atoms with van der Waals surface area (Å²) in [5.41, 5.74) is 3.61. The number of halogens is 1. The maximum Gasteiger partial charge on any atom is 0.338 e. The Morgan fingerprint density at radius 1 is 1.11 bits per heavy atom. The molecule has 228 valence electrons. The maximum atomic E-state index is 13.4. The summed E-state index contributed by atoms with van der Waals surface area (Å²) in [6.45, 7) is 2.74. The van der Waals surface area contributed by atoms with Gasteiger partial charge in [0.1, 0.15) is 6.04 Å². The molecule has 0 unspecified atom stereocenters. The minimum atomic E-state index is -0.838. The molecule has 3 aromatic rings. The van der Waals surface area contributed by atoms with E-state index in [1.807, 2.05) is 46.7 Å². The third-order valence-electron chi connectivity index (χ3n) is 8.05. The third kappa shape index (κ3) is 6.19. The SMILES string of the molecule is COC(=O)C1=C(CN2CCN3C(=O)N(c4ccc(CCC(=O)O)cc4)C[C@@H]3C2)NC(c2nccs2)=N[C@H]1c1ccc(Cl)cc1. The molecule has 6 rings (SSSR count). The number of thiazole rings is 1. The van der Waals surface area contributed by atoms with E-state index in [4.69, 9.17) is 26.4 Å². The summed E-state index contributed by atoms with van der Waals surface area (Å²) in [4.78, 5) is 52.8. The molecule has 1 aromatic heterocycles. The monoisotopic (exact) mass is 634 g/mol. The van der Waals surface area contributed by atoms with Crippen LogP contribution in [0.4, 0.5) is 10.5 Å². The molecule has 2 saturated heterocycles. The highest BCUT2D eigenvalue weighted by atomic mass is 35.5. The van der Waals surface area contributed by atoms with Crippen molar-refractivity contribution in [2.24, 2.45) is 4.99 Å². The summed E-state index contributed by atoms with van der Waals surface area (Å²) < 4.78 is 5.24. The Hall–Kier alpha value is -4.26. The highest BCUT2D eigenvalue weighted by Gasteiger charge is 2.42. The molecule has 4 heterocycles. The summed E-state index contributed by atoms with van der Waals surface area (Å²) in [5.74, 6) is -0.729. The van der Waals surface area contributed by atoms with Crippen molar-refractivity contribution in [3.05, 3.63) is 92.5 Å². The Morgan fingerprint density at radius 2 is 1.89 bits per heavy atom. The summed E-state index contributed by atoms with van der Waals surface area (Å²) in [6.07, 6.45) is 2.22. The summed E-state index contributed by atoms with van der Waals surface area (Å²) in [7, 11) is 1.36. The van der Waals surface area contributed by atoms with E-state index in [1.165, 1.54) is 18.4 Å². The van der Waals surface area contributed by atoms with Crippen LogP contribution in [0.25, 0.3) is 0 Å². The molecule has 2 aromatic carbocycles. The number of piperazine rings is 1. The number of aryl methyl sites for hydroxylation is 1. The number of anilines is 1. The molecule has 0 aliphatic carbocycles. The average molecular weight is 635 g/mol. The van der Waals surface area contributed by atoms with E-state index in [9.17, 15) is 14.4 Å². The van der Waals surface area contributed by atoms with Crippen molar-refractivity contribution >= 4 is 52.4 Å². The number of carbonyl (C=O) groups excluding carboxylic acids is 2. The van der Waals surface area contributed by atoms with Crippen molar-refractivity contribution in [2.75, 3.05) is 44.7 Å². The minimum Gasteiger partial charge on any atom is -0.481 e. The first-order chi connectivity index (χ1) is 21.3. The fraction of sp³-hybridized carbons (Fsp3) is 0.323. The number of carbonyl (C=O) groups is 3. The van der Waals surface area contributed by atoms with Crippen molar-refractivity contribution in [1.29, 1.82) is 0 Å². The van der Waals surface area contributed by atoms with Gasteiger partial charge in [0.15, 0.2) is 10.8 Å². The second kappa shape index (κ2) is 12.8. The quantitative estimate of drug-likeness (QED) is 0.339. The van der Waals surface area contributed by atoms with Crippen LogP contribution < -0.4 is 10.2 Å². The number of nitrogens with one attached hydrogen (secondary N) is 1. The summed E-state index contributed by atoms with van der Waals surface area (Å²) >= 11 is 7.61. The van der Waals surface area contributed by atoms with E-state index in [2.05, 4.69) is 15.2 Å². The standard InChI is InChI=1S/C31H31ClN6O5S/c1-43-30(41)26-24(34-28(29-33-12-15-44-29)35-27(26)20-5-7-21(32)8-6-20)18-36-13-14-37-23(16-36)17-38(31(37)42)22-9-2-19(3-10-22)4-11-25(39)40/h2-3,5-10,12,15,23,27H,4,11,13-14,16-18H2,1H3,(H,34,35)(H,39,40)/t23-,27-/m0/s1. The first-order valence-electron chi connectivity index (χ1n) is 14.2. The molecule has 2 N–H and O–H groups in total. The molecular formula is C31H31ClN6O5S. The zero-order valence-corrected chi connectivity index (χ0v) is 25.6. The third-order valence-corrected chi connectivity index (χ3v) is 9.08. The number of amides is 2. The van der Waals surface area contributed by atoms with Crippen LogP contribution in [-0.4, -0.2) is 89.6 Å². The van der Waals surface area contributed by atoms with Gasteiger partial charge in [-0.25, -0.2) is 14.6 Å². The van der Waals surface area contributed by atoms with Crippen molar-refractivity contribution in [1.82, 2.24) is 20.1 Å². The second-order valence-corrected chi connectivity index (χ2v) is 12.1. The zero-order chi connectivity index (χ0) is 30.8. The number of nitrogens with zero attached hydrogens (tertiary/aromatic N) is 5. The Labute approximate surface area is 263 Å². The molecule has 2 fully saturated rings. The molecule has 44 heavy (non-hydrogen) atoms. The molecule has 0 saturated carbocycles. The number of benzene rings is 2. The van der Waals surface area contributed by atoms with Gasteiger partial charge < -0.3 is 20.1 Å². The van der Waals surface area contributed by atoms with Crippen molar-refractivity contribution in [2.45, 2.75) is 24.9 Å². The van der Waals surface area contributed by atoms with E-state index in [-0.39, 0.29) is 18.5 Å². The van der Waals surface area contributed by atoms with Crippen LogP contribution in [0.15, 0.2) is 76.4 Å². The molecule has 13 heteroatoms. The number of carboxylic acid groups (broad SMARTS) is 1. The Kier molecular flexibility index (Phi) is 8.65. The number of esters is 1. The smallest absolute Gasteiger partial charge is 0.338 e. The van der Waals surface area contributed by atoms with Crippen molar-refractivity contribution < 1.29 is 24.2 Å². The van der Waals surface area contributed by atoms with Gasteiger partial charge in [0.25, 0.3) is 0 Å². The zero-order valence-electron chi connectivity index (χ0n) is 24.0. The number of aliphatic carboxylic acids is 1. The first-order valence-corrected chi connectivity index (χ1v) is 15.5. The first kappa shape index (κ1) is 29.8. The molecule has 3 aliphatic rings. The van der Waals surface area contributed by atoms with Crippen LogP contribution >= 0.6 is 22.9 Å². The molecule has 3 aliphatic heterocycles. The van der Waals surface area contributed by atoms with Crippen LogP contribution in [0.3, 0.4) is 0 Å². The number of rotatable bonds is 9. The van der Waals surface area contributed by atoms with E-state index < -0.39 is 18.0 Å². The highest BCUT2D eigenvalue weighted by Crippen LogP contribution is 2.34. The van der Waals surface area contributed by atoms with Gasteiger partial charge in [0.05, 0.1) is 18.7 Å². The average Bonchev–Trinajstić information content (AvgIpc) is 3.68. The summed E-state index contributed by atoms with van der Waals surface area (Å²) in [5, 5.41) is 15.5. The van der Waals surface area contributed by atoms with Crippen molar-refractivity contribution in [3.63, 3.8) is 0 Å². The predicted octanol–water partition coefficient (Wildman–Crippen LogP) is 3.96. The lowest BCUT2D eigenvalue weighted by Crippen LogP contribution is -2.53. The molecule has 2 atom stereocenters. The van der Waals surface area contributed by atoms with Gasteiger partial charge in [0.2, 0.25) is 0 Å².